The Kier molecular flexibility index (Phi) is 7.61. The van der Waals surface area contributed by atoms with Crippen molar-refractivity contribution in [2.45, 2.75) is 50.9 Å². The van der Waals surface area contributed by atoms with Crippen LogP contribution in [0.3, 0.4) is 0 Å². The number of carbonyl (C=O) groups excluding carboxylic acids is 2. The molecule has 0 aliphatic carbocycles. The van der Waals surface area contributed by atoms with Crippen LogP contribution >= 0.6 is 0 Å². The van der Waals surface area contributed by atoms with Gasteiger partial charge >= 0.3 is 6.01 Å². The number of rotatable bonds is 8. The molecule has 1 aliphatic heterocycles. The molecule has 0 spiro atoms. The van der Waals surface area contributed by atoms with Crippen LogP contribution in [0.25, 0.3) is 0 Å². The van der Waals surface area contributed by atoms with Crippen molar-refractivity contribution in [1.29, 1.82) is 0 Å². The molecular weight excluding hydrogens is 463 g/mol. The fourth-order valence-corrected chi connectivity index (χ4v) is 4.36. The fourth-order valence-electron chi connectivity index (χ4n) is 4.36. The number of carbonyl (C=O) groups is 2. The van der Waals surface area contributed by atoms with E-state index in [2.05, 4.69) is 34.2 Å². The minimum Gasteiger partial charge on any atom is -0.467 e. The number of benzene rings is 1. The third-order valence-electron chi connectivity index (χ3n) is 6.32. The Morgan fingerprint density at radius 2 is 1.92 bits per heavy atom. The second-order valence-electron chi connectivity index (χ2n) is 9.23. The number of amides is 2. The third kappa shape index (κ3) is 5.53. The zero-order valence-electron chi connectivity index (χ0n) is 20.9. The second kappa shape index (κ2) is 10.8. The molecule has 10 heteroatoms. The van der Waals surface area contributed by atoms with E-state index in [1.54, 1.807) is 13.2 Å². The van der Waals surface area contributed by atoms with E-state index < -0.39 is 30.1 Å². The van der Waals surface area contributed by atoms with Gasteiger partial charge in [-0.1, -0.05) is 50.2 Å². The van der Waals surface area contributed by atoms with Gasteiger partial charge in [0.1, 0.15) is 12.2 Å². The van der Waals surface area contributed by atoms with Crippen molar-refractivity contribution < 1.29 is 18.7 Å². The molecule has 9 nitrogen and oxygen atoms in total. The summed E-state index contributed by atoms with van der Waals surface area (Å²) >= 11 is 0. The number of likely N-dealkylation sites (tertiary alicyclic amines) is 1. The molecule has 0 saturated carbocycles. The molecule has 1 aromatic carbocycles. The van der Waals surface area contributed by atoms with Crippen LogP contribution < -0.4 is 10.1 Å². The fraction of sp³-hybridized carbons (Fsp3) is 0.423. The monoisotopic (exact) mass is 494 g/mol. The lowest BCUT2D eigenvalue weighted by molar-refractivity contribution is -0.138. The molecule has 3 heterocycles. The first kappa shape index (κ1) is 25.3. The molecule has 3 atom stereocenters. The van der Waals surface area contributed by atoms with Crippen molar-refractivity contribution in [3.05, 3.63) is 71.3 Å². The Hall–Kier alpha value is -3.82. The van der Waals surface area contributed by atoms with Gasteiger partial charge in [0.25, 0.3) is 0 Å². The van der Waals surface area contributed by atoms with Crippen LogP contribution in [0.5, 0.6) is 6.01 Å². The van der Waals surface area contributed by atoms with Gasteiger partial charge in [0, 0.05) is 19.7 Å². The first-order valence-electron chi connectivity index (χ1n) is 12.0. The number of ether oxygens (including phenoxy) is 1. The highest BCUT2D eigenvalue weighted by atomic mass is 19.1. The number of aryl methyl sites for hydroxylation is 1. The second-order valence-corrected chi connectivity index (χ2v) is 9.23. The van der Waals surface area contributed by atoms with Gasteiger partial charge in [0.2, 0.25) is 11.8 Å². The zero-order valence-corrected chi connectivity index (χ0v) is 20.9. The molecule has 3 aromatic rings. The molecule has 1 saturated heterocycles. The summed E-state index contributed by atoms with van der Waals surface area (Å²) in [6.07, 6.45) is 0.278. The summed E-state index contributed by atoms with van der Waals surface area (Å²) in [5.74, 6) is -0.278. The van der Waals surface area contributed by atoms with E-state index >= 15 is 0 Å². The molecule has 4 rings (SSSR count). The molecule has 1 N–H and O–H groups in total. The van der Waals surface area contributed by atoms with Crippen LogP contribution in [0.4, 0.5) is 4.39 Å². The molecule has 0 bridgehead atoms. The van der Waals surface area contributed by atoms with Gasteiger partial charge in [0.05, 0.1) is 31.8 Å². The molecule has 2 aromatic heterocycles. The van der Waals surface area contributed by atoms with E-state index in [1.807, 2.05) is 42.5 Å². The quantitative estimate of drug-likeness (QED) is 0.517. The molecule has 2 amide bonds. The summed E-state index contributed by atoms with van der Waals surface area (Å²) in [7, 11) is 3.10. The number of nitrogens with one attached hydrogen (secondary N) is 1. The number of methoxy groups -OCH3 is 1. The highest BCUT2D eigenvalue weighted by Crippen LogP contribution is 2.26. The maximum absolute atomic E-state index is 14.5. The summed E-state index contributed by atoms with van der Waals surface area (Å²) < 4.78 is 21.0. The maximum atomic E-state index is 14.5. The van der Waals surface area contributed by atoms with Crippen molar-refractivity contribution >= 4 is 11.8 Å². The highest BCUT2D eigenvalue weighted by Gasteiger charge is 2.40. The van der Waals surface area contributed by atoms with Crippen LogP contribution in [0.1, 0.15) is 54.9 Å². The van der Waals surface area contributed by atoms with E-state index in [1.165, 1.54) is 16.7 Å². The normalized spacial score (nSPS) is 18.3. The van der Waals surface area contributed by atoms with Crippen molar-refractivity contribution in [3.63, 3.8) is 0 Å². The molecule has 190 valence electrons. The average Bonchev–Trinajstić information content (AvgIpc) is 3.44. The Balaban J connectivity index is 1.54. The summed E-state index contributed by atoms with van der Waals surface area (Å²) in [5.41, 5.74) is 2.59. The van der Waals surface area contributed by atoms with E-state index in [4.69, 9.17) is 4.74 Å². The molecule has 3 unspecified atom stereocenters. The molecule has 1 aliphatic rings. The van der Waals surface area contributed by atoms with Crippen molar-refractivity contribution in [1.82, 2.24) is 30.0 Å². The van der Waals surface area contributed by atoms with Gasteiger partial charge in [0.15, 0.2) is 5.82 Å². The number of alkyl halides is 1. The van der Waals surface area contributed by atoms with E-state index in [0.29, 0.717) is 11.6 Å². The SMILES string of the molecule is COc1nc(CC(=O)N2CC(F)CC2C(=O)NC(c2ccccc2)c2ccc(C(C)C)cn2)nn1C. The molecule has 36 heavy (non-hydrogen) atoms. The smallest absolute Gasteiger partial charge is 0.314 e. The predicted molar refractivity (Wildman–Crippen MR) is 131 cm³/mol. The number of nitrogens with zero attached hydrogens (tertiary/aromatic N) is 5. The van der Waals surface area contributed by atoms with Crippen LogP contribution in [0.2, 0.25) is 0 Å². The molecular formula is C26H31FN6O3. The van der Waals surface area contributed by atoms with Gasteiger partial charge < -0.3 is 15.0 Å². The Labute approximate surface area is 209 Å². The van der Waals surface area contributed by atoms with Crippen LogP contribution in [0.15, 0.2) is 48.7 Å². The number of hydrogen-bond donors (Lipinski definition) is 1. The van der Waals surface area contributed by atoms with Crippen molar-refractivity contribution in [2.24, 2.45) is 7.05 Å². The number of pyridine rings is 1. The zero-order chi connectivity index (χ0) is 25.8. The topological polar surface area (TPSA) is 102 Å². The minimum atomic E-state index is -1.30. The van der Waals surface area contributed by atoms with Crippen LogP contribution in [-0.2, 0) is 23.1 Å². The van der Waals surface area contributed by atoms with Crippen LogP contribution in [0, 0.1) is 0 Å². The van der Waals surface area contributed by atoms with Gasteiger partial charge in [-0.2, -0.15) is 10.1 Å². The van der Waals surface area contributed by atoms with Gasteiger partial charge in [-0.05, 0) is 23.1 Å². The lowest BCUT2D eigenvalue weighted by atomic mass is 10.00. The minimum absolute atomic E-state index is 0.0717. The summed E-state index contributed by atoms with van der Waals surface area (Å²) in [5, 5.41) is 7.17. The standard InChI is InChI=1S/C26H31FN6O3/c1-16(2)18-10-11-20(28-14-18)24(17-8-6-5-7-9-17)30-25(35)21-12-19(27)15-33(21)23(34)13-22-29-26(36-4)32(3)31-22/h5-11,14,16,19,21,24H,12-13,15H2,1-4H3,(H,30,35). The lowest BCUT2D eigenvalue weighted by Crippen LogP contribution is -2.47. The average molecular weight is 495 g/mol. The van der Waals surface area contributed by atoms with Gasteiger partial charge in [-0.25, -0.2) is 9.07 Å². The highest BCUT2D eigenvalue weighted by molar-refractivity contribution is 5.89. The van der Waals surface area contributed by atoms with Crippen molar-refractivity contribution in [2.75, 3.05) is 13.7 Å². The third-order valence-corrected chi connectivity index (χ3v) is 6.32. The summed E-state index contributed by atoms with van der Waals surface area (Å²) in [6.45, 7) is 4.02. The van der Waals surface area contributed by atoms with Crippen molar-refractivity contribution in [3.8, 4) is 6.01 Å². The van der Waals surface area contributed by atoms with E-state index in [0.717, 1.165) is 11.1 Å². The summed E-state index contributed by atoms with van der Waals surface area (Å²) in [6, 6.07) is 12.1. The summed E-state index contributed by atoms with van der Waals surface area (Å²) in [4.78, 5) is 36.5. The van der Waals surface area contributed by atoms with Gasteiger partial charge in [-0.3, -0.25) is 14.6 Å². The van der Waals surface area contributed by atoms with Gasteiger partial charge in [-0.15, -0.1) is 0 Å². The Bertz CT molecular complexity index is 1200. The maximum Gasteiger partial charge on any atom is 0.314 e. The molecule has 1 fully saturated rings. The predicted octanol–water partition coefficient (Wildman–Crippen LogP) is 2.73. The van der Waals surface area contributed by atoms with Crippen LogP contribution in [-0.4, -0.2) is 62.3 Å². The lowest BCUT2D eigenvalue weighted by Gasteiger charge is -2.26. The largest absolute Gasteiger partial charge is 0.467 e. The first-order chi connectivity index (χ1) is 17.3. The first-order valence-corrected chi connectivity index (χ1v) is 12.0. The molecule has 0 radical (unpaired) electrons. The Morgan fingerprint density at radius 1 is 1.17 bits per heavy atom. The van der Waals surface area contributed by atoms with E-state index in [9.17, 15) is 14.0 Å². The Morgan fingerprint density at radius 3 is 2.53 bits per heavy atom. The number of halogens is 1. The number of hydrogen-bond acceptors (Lipinski definition) is 6. The van der Waals surface area contributed by atoms with E-state index in [-0.39, 0.29) is 31.2 Å². The number of aromatic nitrogens is 4.